The zero-order valence-electron chi connectivity index (χ0n) is 14.7. The van der Waals surface area contributed by atoms with Crippen LogP contribution in [0.5, 0.6) is 0 Å². The molecule has 6 nitrogen and oxygen atoms in total. The molecule has 1 aliphatic heterocycles. The zero-order valence-corrected chi connectivity index (χ0v) is 14.7. The highest BCUT2D eigenvalue weighted by Gasteiger charge is 2.32. The van der Waals surface area contributed by atoms with Crippen LogP contribution in [-0.2, 0) is 16.1 Å². The van der Waals surface area contributed by atoms with Gasteiger partial charge in [0.15, 0.2) is 0 Å². The number of halogens is 1. The third kappa shape index (κ3) is 4.23. The number of rotatable bonds is 5. The third-order valence-electron chi connectivity index (χ3n) is 4.24. The van der Waals surface area contributed by atoms with Gasteiger partial charge in [0.25, 0.3) is 0 Å². The van der Waals surface area contributed by atoms with E-state index in [1.54, 1.807) is 36.4 Å². The second kappa shape index (κ2) is 7.87. The maximum absolute atomic E-state index is 14.6. The molecule has 1 fully saturated rings. The Labute approximate surface area is 156 Å². The molecule has 0 radical (unpaired) electrons. The molecule has 0 aliphatic carbocycles. The highest BCUT2D eigenvalue weighted by atomic mass is 19.1. The molecule has 2 aromatic rings. The normalized spacial score (nSPS) is 16.0. The number of hydrogen-bond acceptors (Lipinski definition) is 3. The van der Waals surface area contributed by atoms with E-state index in [0.29, 0.717) is 23.4 Å². The molecule has 1 aliphatic rings. The third-order valence-corrected chi connectivity index (χ3v) is 4.24. The fraction of sp³-hybridized carbons (Fsp3) is 0.250. The minimum atomic E-state index is -0.569. The lowest BCUT2D eigenvalue weighted by atomic mass is 10.0. The van der Waals surface area contributed by atoms with E-state index >= 15 is 0 Å². The van der Waals surface area contributed by atoms with Crippen LogP contribution in [0.25, 0.3) is 16.0 Å². The van der Waals surface area contributed by atoms with Gasteiger partial charge in [0, 0.05) is 18.1 Å². The molecule has 1 heterocycles. The molecule has 0 spiro atoms. The van der Waals surface area contributed by atoms with Gasteiger partial charge in [-0.1, -0.05) is 24.3 Å². The van der Waals surface area contributed by atoms with Gasteiger partial charge in [0.1, 0.15) is 11.9 Å². The van der Waals surface area contributed by atoms with Crippen molar-refractivity contribution in [3.05, 3.63) is 65.3 Å². The van der Waals surface area contributed by atoms with Gasteiger partial charge in [-0.25, -0.2) is 15.8 Å². The maximum Gasteiger partial charge on any atom is 0.414 e. The largest absolute Gasteiger partial charge is 0.442 e. The number of anilines is 1. The van der Waals surface area contributed by atoms with Crippen LogP contribution in [0.15, 0.2) is 42.5 Å². The molecule has 0 bridgehead atoms. The second-order valence-electron chi connectivity index (χ2n) is 6.23. The number of cyclic esters (lactones) is 1. The summed E-state index contributed by atoms with van der Waals surface area (Å²) in [6.45, 7) is 9.01. The standard InChI is InChI=1S/C20H18FN3O3/c1-13(25)23-11-17-12-24(20(26)27-17)16-7-8-18(19(21)9-16)15-5-3-14(4-6-15)10-22-2/h3-9,17H,10-12H2,1H3,(H,23,25). The van der Waals surface area contributed by atoms with Crippen LogP contribution in [-0.4, -0.2) is 31.2 Å². The van der Waals surface area contributed by atoms with Gasteiger partial charge < -0.3 is 14.9 Å². The first-order valence-corrected chi connectivity index (χ1v) is 8.42. The van der Waals surface area contributed by atoms with Crippen molar-refractivity contribution < 1.29 is 18.7 Å². The van der Waals surface area contributed by atoms with E-state index in [1.807, 2.05) is 0 Å². The van der Waals surface area contributed by atoms with E-state index in [0.717, 1.165) is 5.56 Å². The average molecular weight is 367 g/mol. The molecule has 138 valence electrons. The number of nitrogens with zero attached hydrogens (tertiary/aromatic N) is 2. The first-order chi connectivity index (χ1) is 13.0. The Hall–Kier alpha value is -3.40. The topological polar surface area (TPSA) is 63.0 Å². The predicted octanol–water partition coefficient (Wildman–Crippen LogP) is 3.37. The van der Waals surface area contributed by atoms with Crippen LogP contribution < -0.4 is 10.2 Å². The van der Waals surface area contributed by atoms with Crippen molar-refractivity contribution in [2.75, 3.05) is 18.0 Å². The molecule has 27 heavy (non-hydrogen) atoms. The number of hydrogen-bond donors (Lipinski definition) is 1. The molecule has 0 aromatic heterocycles. The van der Waals surface area contributed by atoms with Crippen molar-refractivity contribution in [3.8, 4) is 11.1 Å². The SMILES string of the molecule is [C-]#[N+]Cc1ccc(-c2ccc(N3CC(CNC(C)=O)OC3=O)cc2F)cc1. The molecular formula is C20H18FN3O3. The molecular weight excluding hydrogens is 349 g/mol. The van der Waals surface area contributed by atoms with Gasteiger partial charge in [0.05, 0.1) is 18.8 Å². The van der Waals surface area contributed by atoms with Crippen molar-refractivity contribution >= 4 is 17.7 Å². The van der Waals surface area contributed by atoms with Crippen molar-refractivity contribution in [1.29, 1.82) is 0 Å². The van der Waals surface area contributed by atoms with Crippen LogP contribution in [0, 0.1) is 12.4 Å². The predicted molar refractivity (Wildman–Crippen MR) is 98.4 cm³/mol. The van der Waals surface area contributed by atoms with Crippen LogP contribution >= 0.6 is 0 Å². The minimum absolute atomic E-state index is 0.206. The number of amides is 2. The fourth-order valence-electron chi connectivity index (χ4n) is 2.88. The van der Waals surface area contributed by atoms with E-state index in [2.05, 4.69) is 10.2 Å². The summed E-state index contributed by atoms with van der Waals surface area (Å²) in [6, 6.07) is 11.7. The van der Waals surface area contributed by atoms with Crippen molar-refractivity contribution in [1.82, 2.24) is 5.32 Å². The molecule has 1 N–H and O–H groups in total. The van der Waals surface area contributed by atoms with Crippen LogP contribution in [0.1, 0.15) is 12.5 Å². The van der Waals surface area contributed by atoms with E-state index in [-0.39, 0.29) is 19.0 Å². The summed E-state index contributed by atoms with van der Waals surface area (Å²) in [5.74, 6) is -0.661. The highest BCUT2D eigenvalue weighted by molar-refractivity contribution is 5.90. The number of ether oxygens (including phenoxy) is 1. The van der Waals surface area contributed by atoms with Gasteiger partial charge in [0.2, 0.25) is 12.5 Å². The maximum atomic E-state index is 14.6. The Morgan fingerprint density at radius 1 is 1.33 bits per heavy atom. The first-order valence-electron chi connectivity index (χ1n) is 8.42. The Morgan fingerprint density at radius 2 is 2.07 bits per heavy atom. The first kappa shape index (κ1) is 18.4. The van der Waals surface area contributed by atoms with E-state index in [9.17, 15) is 14.0 Å². The van der Waals surface area contributed by atoms with Gasteiger partial charge >= 0.3 is 6.09 Å². The van der Waals surface area contributed by atoms with Crippen LogP contribution in [0.4, 0.5) is 14.9 Å². The molecule has 1 saturated heterocycles. The number of benzene rings is 2. The fourth-order valence-corrected chi connectivity index (χ4v) is 2.88. The van der Waals surface area contributed by atoms with Crippen LogP contribution in [0.3, 0.4) is 0 Å². The monoisotopic (exact) mass is 367 g/mol. The average Bonchev–Trinajstić information content (AvgIpc) is 3.02. The zero-order chi connectivity index (χ0) is 19.4. The van der Waals surface area contributed by atoms with E-state index in [1.165, 1.54) is 17.9 Å². The Morgan fingerprint density at radius 3 is 2.70 bits per heavy atom. The lowest BCUT2D eigenvalue weighted by molar-refractivity contribution is -0.119. The van der Waals surface area contributed by atoms with E-state index in [4.69, 9.17) is 11.3 Å². The number of carbonyl (C=O) groups excluding carboxylic acids is 2. The highest BCUT2D eigenvalue weighted by Crippen LogP contribution is 2.29. The number of nitrogens with one attached hydrogen (secondary N) is 1. The molecule has 2 amide bonds. The lowest BCUT2D eigenvalue weighted by Gasteiger charge is -2.14. The Bertz CT molecular complexity index is 906. The Kier molecular flexibility index (Phi) is 5.36. The Balaban J connectivity index is 1.75. The van der Waals surface area contributed by atoms with E-state index < -0.39 is 18.0 Å². The molecule has 2 aromatic carbocycles. The van der Waals surface area contributed by atoms with Crippen LogP contribution in [0.2, 0.25) is 0 Å². The molecule has 7 heteroatoms. The molecule has 0 saturated carbocycles. The molecule has 3 rings (SSSR count). The lowest BCUT2D eigenvalue weighted by Crippen LogP contribution is -2.33. The minimum Gasteiger partial charge on any atom is -0.442 e. The summed E-state index contributed by atoms with van der Waals surface area (Å²) >= 11 is 0. The van der Waals surface area contributed by atoms with Crippen molar-refractivity contribution in [3.63, 3.8) is 0 Å². The van der Waals surface area contributed by atoms with Gasteiger partial charge in [-0.2, -0.15) is 0 Å². The summed E-state index contributed by atoms with van der Waals surface area (Å²) in [6.07, 6.45) is -1.04. The smallest absolute Gasteiger partial charge is 0.414 e. The van der Waals surface area contributed by atoms with Crippen molar-refractivity contribution in [2.45, 2.75) is 19.6 Å². The summed E-state index contributed by atoms with van der Waals surface area (Å²) in [5, 5.41) is 2.60. The van der Waals surface area contributed by atoms with Gasteiger partial charge in [-0.3, -0.25) is 9.69 Å². The van der Waals surface area contributed by atoms with Gasteiger partial charge in [-0.15, -0.1) is 0 Å². The molecule has 1 unspecified atom stereocenters. The summed E-state index contributed by atoms with van der Waals surface area (Å²) in [4.78, 5) is 27.7. The quantitative estimate of drug-likeness (QED) is 0.824. The van der Waals surface area contributed by atoms with Gasteiger partial charge in [-0.05, 0) is 23.8 Å². The summed E-state index contributed by atoms with van der Waals surface area (Å²) in [7, 11) is 0. The van der Waals surface area contributed by atoms with Crippen molar-refractivity contribution in [2.24, 2.45) is 0 Å². The molecule has 1 atom stereocenters. The summed E-state index contributed by atoms with van der Waals surface area (Å²) < 4.78 is 19.8. The summed E-state index contributed by atoms with van der Waals surface area (Å²) in [5.41, 5.74) is 2.38. The second-order valence-corrected chi connectivity index (χ2v) is 6.23. The number of carbonyl (C=O) groups is 2.